The smallest absolute Gasteiger partial charge is 0.259 e. The third-order valence-corrected chi connectivity index (χ3v) is 4.95. The van der Waals surface area contributed by atoms with E-state index in [-0.39, 0.29) is 36.8 Å². The van der Waals surface area contributed by atoms with Gasteiger partial charge in [-0.3, -0.25) is 4.79 Å². The number of amides is 1. The van der Waals surface area contributed by atoms with E-state index in [4.69, 9.17) is 5.73 Å². The van der Waals surface area contributed by atoms with E-state index in [0.717, 1.165) is 46.5 Å². The lowest BCUT2D eigenvalue weighted by Gasteiger charge is -2.30. The number of carbonyl (C=O) groups excluding carboxylic acids is 1. The number of pyridine rings is 1. The number of benzene rings is 1. The summed E-state index contributed by atoms with van der Waals surface area (Å²) in [4.78, 5) is 19.9. The molecule has 3 aromatic rings. The second kappa shape index (κ2) is 8.37. The maximum atomic E-state index is 13.4. The van der Waals surface area contributed by atoms with Crippen LogP contribution in [0, 0.1) is 6.92 Å². The number of nitrogens with two attached hydrogens (primary N) is 1. The number of rotatable bonds is 2. The Bertz CT molecular complexity index is 1020. The van der Waals surface area contributed by atoms with Gasteiger partial charge >= 0.3 is 0 Å². The molecule has 6 nitrogen and oxygen atoms in total. The molecule has 0 saturated heterocycles. The van der Waals surface area contributed by atoms with Gasteiger partial charge in [0.05, 0.1) is 17.1 Å². The summed E-state index contributed by atoms with van der Waals surface area (Å²) in [6.45, 7) is 6.72. The molecule has 28 heavy (non-hydrogen) atoms. The first-order chi connectivity index (χ1) is 12.5. The Labute approximate surface area is 176 Å². The third-order valence-electron chi connectivity index (χ3n) is 4.95. The Morgan fingerprint density at radius 2 is 2.00 bits per heavy atom. The van der Waals surface area contributed by atoms with E-state index in [1.54, 1.807) is 6.20 Å². The molecule has 2 aromatic heterocycles. The van der Waals surface area contributed by atoms with Crippen molar-refractivity contribution in [2.75, 3.05) is 17.2 Å². The number of aromatic nitrogens is 3. The summed E-state index contributed by atoms with van der Waals surface area (Å²) in [7, 11) is 0. The minimum absolute atomic E-state index is 0. The molecule has 0 unspecified atom stereocenters. The van der Waals surface area contributed by atoms with Gasteiger partial charge in [0.2, 0.25) is 0 Å². The van der Waals surface area contributed by atoms with Crippen molar-refractivity contribution < 1.29 is 4.79 Å². The average molecular weight is 422 g/mol. The van der Waals surface area contributed by atoms with Gasteiger partial charge in [-0.2, -0.15) is 5.10 Å². The summed E-state index contributed by atoms with van der Waals surface area (Å²) < 4.78 is 1.86. The number of nitrogens with zero attached hydrogens (tertiary/aromatic N) is 4. The van der Waals surface area contributed by atoms with Crippen LogP contribution in [-0.2, 0) is 6.42 Å². The molecule has 0 aliphatic carbocycles. The summed E-state index contributed by atoms with van der Waals surface area (Å²) in [6.07, 6.45) is 3.56. The molecule has 0 fully saturated rings. The molecular formula is C20H25Cl2N5O. The molecule has 0 bridgehead atoms. The molecule has 0 saturated carbocycles. The number of fused-ring (bicyclic) bond motifs is 2. The molecule has 3 heterocycles. The molecule has 8 heteroatoms. The van der Waals surface area contributed by atoms with E-state index in [9.17, 15) is 4.79 Å². The van der Waals surface area contributed by atoms with Crippen LogP contribution in [0.1, 0.15) is 47.9 Å². The van der Waals surface area contributed by atoms with Crippen molar-refractivity contribution in [1.29, 1.82) is 0 Å². The Balaban J connectivity index is 0.00000140. The Hall–Kier alpha value is -2.31. The summed E-state index contributed by atoms with van der Waals surface area (Å²) in [6, 6.07) is 7.82. The first-order valence-corrected chi connectivity index (χ1v) is 9.01. The van der Waals surface area contributed by atoms with Gasteiger partial charge in [0.15, 0.2) is 5.65 Å². The zero-order chi connectivity index (χ0) is 18.4. The Morgan fingerprint density at radius 3 is 2.71 bits per heavy atom. The number of halogens is 2. The predicted octanol–water partition coefficient (Wildman–Crippen LogP) is 4.34. The predicted molar refractivity (Wildman–Crippen MR) is 118 cm³/mol. The zero-order valence-electron chi connectivity index (χ0n) is 16.2. The molecule has 2 N–H and O–H groups in total. The van der Waals surface area contributed by atoms with E-state index in [1.165, 1.54) is 0 Å². The Kier molecular flexibility index (Phi) is 6.57. The summed E-state index contributed by atoms with van der Waals surface area (Å²) in [5, 5.41) is 5.24. The highest BCUT2D eigenvalue weighted by Crippen LogP contribution is 2.33. The molecule has 0 radical (unpaired) electrons. The number of carbonyl (C=O) groups is 1. The van der Waals surface area contributed by atoms with Gasteiger partial charge in [0.25, 0.3) is 5.91 Å². The van der Waals surface area contributed by atoms with Crippen LogP contribution >= 0.6 is 24.8 Å². The fraction of sp³-hybridized carbons (Fsp3) is 0.350. The van der Waals surface area contributed by atoms with Crippen LogP contribution in [0.15, 0.2) is 30.5 Å². The van der Waals surface area contributed by atoms with Crippen molar-refractivity contribution in [3.63, 3.8) is 0 Å². The lowest BCUT2D eigenvalue weighted by Crippen LogP contribution is -2.36. The molecule has 150 valence electrons. The number of aryl methyl sites for hydroxylation is 1. The minimum atomic E-state index is -0.0182. The summed E-state index contributed by atoms with van der Waals surface area (Å²) in [5.74, 6) is -0.0182. The lowest BCUT2D eigenvalue weighted by atomic mass is 9.98. The molecule has 1 aliphatic rings. The van der Waals surface area contributed by atoms with E-state index in [1.807, 2.05) is 40.8 Å². The van der Waals surface area contributed by atoms with E-state index in [0.29, 0.717) is 12.1 Å². The van der Waals surface area contributed by atoms with Crippen molar-refractivity contribution in [3.05, 3.63) is 47.3 Å². The molecule has 1 amide bonds. The molecular weight excluding hydrogens is 397 g/mol. The SMILES string of the molecule is Cc1cc(C(=O)N2CCCc3c(N)cccc32)c2cnn(C(C)C)c2n1.Cl.Cl. The van der Waals surface area contributed by atoms with Gasteiger partial charge in [-0.05, 0) is 57.4 Å². The van der Waals surface area contributed by atoms with Crippen molar-refractivity contribution >= 4 is 53.1 Å². The topological polar surface area (TPSA) is 77.0 Å². The maximum Gasteiger partial charge on any atom is 0.259 e. The molecule has 0 atom stereocenters. The number of nitrogen functional groups attached to an aromatic ring is 1. The van der Waals surface area contributed by atoms with Crippen LogP contribution in [0.25, 0.3) is 11.0 Å². The number of hydrogen-bond donors (Lipinski definition) is 1. The zero-order valence-corrected chi connectivity index (χ0v) is 17.8. The minimum Gasteiger partial charge on any atom is -0.398 e. The first-order valence-electron chi connectivity index (χ1n) is 9.01. The highest BCUT2D eigenvalue weighted by atomic mass is 35.5. The normalized spacial score (nSPS) is 13.1. The second-order valence-electron chi connectivity index (χ2n) is 7.14. The summed E-state index contributed by atoms with van der Waals surface area (Å²) in [5.41, 5.74) is 11.1. The monoisotopic (exact) mass is 421 g/mol. The lowest BCUT2D eigenvalue weighted by molar-refractivity contribution is 0.0986. The van der Waals surface area contributed by atoms with Crippen LogP contribution in [0.2, 0.25) is 0 Å². The summed E-state index contributed by atoms with van der Waals surface area (Å²) >= 11 is 0. The first kappa shape index (κ1) is 22.0. The van der Waals surface area contributed by atoms with Crippen LogP contribution in [0.4, 0.5) is 11.4 Å². The van der Waals surface area contributed by atoms with Crippen molar-refractivity contribution in [2.24, 2.45) is 0 Å². The van der Waals surface area contributed by atoms with E-state index >= 15 is 0 Å². The highest BCUT2D eigenvalue weighted by Gasteiger charge is 2.27. The van der Waals surface area contributed by atoms with Crippen molar-refractivity contribution in [3.8, 4) is 0 Å². The van der Waals surface area contributed by atoms with Gasteiger partial charge in [-0.15, -0.1) is 24.8 Å². The van der Waals surface area contributed by atoms with E-state index < -0.39 is 0 Å². The van der Waals surface area contributed by atoms with Gasteiger partial charge in [-0.25, -0.2) is 9.67 Å². The quantitative estimate of drug-likeness (QED) is 0.624. The highest BCUT2D eigenvalue weighted by molar-refractivity contribution is 6.13. The van der Waals surface area contributed by atoms with Gasteiger partial charge < -0.3 is 10.6 Å². The van der Waals surface area contributed by atoms with Crippen LogP contribution in [0.5, 0.6) is 0 Å². The average Bonchev–Trinajstić information content (AvgIpc) is 3.04. The van der Waals surface area contributed by atoms with Gasteiger partial charge in [0.1, 0.15) is 0 Å². The largest absolute Gasteiger partial charge is 0.398 e. The number of hydrogen-bond acceptors (Lipinski definition) is 4. The third kappa shape index (κ3) is 3.54. The molecule has 0 spiro atoms. The van der Waals surface area contributed by atoms with Crippen molar-refractivity contribution in [2.45, 2.75) is 39.7 Å². The second-order valence-corrected chi connectivity index (χ2v) is 7.14. The fourth-order valence-corrected chi connectivity index (χ4v) is 3.71. The molecule has 1 aliphatic heterocycles. The van der Waals surface area contributed by atoms with E-state index in [2.05, 4.69) is 23.9 Å². The fourth-order valence-electron chi connectivity index (χ4n) is 3.71. The van der Waals surface area contributed by atoms with Gasteiger partial charge in [-0.1, -0.05) is 6.07 Å². The number of anilines is 2. The van der Waals surface area contributed by atoms with Crippen LogP contribution in [-0.4, -0.2) is 27.2 Å². The standard InChI is InChI=1S/C20H23N5O.2ClH/c1-12(2)25-19-16(11-22-25)15(10-13(3)23-19)20(26)24-9-5-6-14-17(21)7-4-8-18(14)24;;/h4,7-8,10-12H,5-6,9,21H2,1-3H3;2*1H. The van der Waals surface area contributed by atoms with Crippen molar-refractivity contribution in [1.82, 2.24) is 14.8 Å². The molecule has 4 rings (SSSR count). The Morgan fingerprint density at radius 1 is 1.25 bits per heavy atom. The van der Waals surface area contributed by atoms with Gasteiger partial charge in [0, 0.05) is 29.7 Å². The van der Waals surface area contributed by atoms with Crippen LogP contribution in [0.3, 0.4) is 0 Å². The maximum absolute atomic E-state index is 13.4. The molecule has 1 aromatic carbocycles. The van der Waals surface area contributed by atoms with Crippen LogP contribution < -0.4 is 10.6 Å².